The van der Waals surface area contributed by atoms with Crippen molar-refractivity contribution in [2.24, 2.45) is 0 Å². The molecule has 1 aromatic rings. The van der Waals surface area contributed by atoms with E-state index in [0.29, 0.717) is 5.56 Å². The van der Waals surface area contributed by atoms with Crippen LogP contribution in [0.4, 0.5) is 4.39 Å². The van der Waals surface area contributed by atoms with E-state index in [1.54, 1.807) is 12.1 Å². The summed E-state index contributed by atoms with van der Waals surface area (Å²) in [7, 11) is 1.97. The second-order valence-corrected chi connectivity index (χ2v) is 5.68. The van der Waals surface area contributed by atoms with Crippen molar-refractivity contribution >= 4 is 17.5 Å². The number of carbonyl (C=O) groups is 1. The molecule has 1 aliphatic heterocycles. The lowest BCUT2D eigenvalue weighted by molar-refractivity contribution is -0.126. The van der Waals surface area contributed by atoms with Crippen molar-refractivity contribution in [3.63, 3.8) is 0 Å². The number of likely N-dealkylation sites (N-methyl/N-ethyl adjacent to an activating group) is 1. The van der Waals surface area contributed by atoms with Gasteiger partial charge in [-0.25, -0.2) is 4.39 Å². The minimum absolute atomic E-state index is 0.0335. The van der Waals surface area contributed by atoms with Gasteiger partial charge in [-0.15, -0.1) is 0 Å². The summed E-state index contributed by atoms with van der Waals surface area (Å²) in [5.41, 5.74) is 0.419. The minimum atomic E-state index is -0.455. The Labute approximate surface area is 124 Å². The maximum absolute atomic E-state index is 13.7. The van der Waals surface area contributed by atoms with Crippen LogP contribution < -0.4 is 5.32 Å². The van der Waals surface area contributed by atoms with Crippen LogP contribution in [0.2, 0.25) is 5.02 Å². The lowest BCUT2D eigenvalue weighted by Crippen LogP contribution is -2.44. The third-order valence-electron chi connectivity index (χ3n) is 3.81. The van der Waals surface area contributed by atoms with Crippen LogP contribution in [0.25, 0.3) is 0 Å². The summed E-state index contributed by atoms with van der Waals surface area (Å²) < 4.78 is 13.7. The molecular formula is C15H20ClFN2O. The summed E-state index contributed by atoms with van der Waals surface area (Å²) in [6, 6.07) is 4.71. The van der Waals surface area contributed by atoms with E-state index in [9.17, 15) is 9.18 Å². The van der Waals surface area contributed by atoms with Gasteiger partial charge in [-0.3, -0.25) is 9.69 Å². The van der Waals surface area contributed by atoms with Crippen LogP contribution in [0.5, 0.6) is 0 Å². The second-order valence-electron chi connectivity index (χ2n) is 5.28. The van der Waals surface area contributed by atoms with Gasteiger partial charge in [-0.05, 0) is 32.5 Å². The highest BCUT2D eigenvalue weighted by molar-refractivity contribution is 6.30. The Morgan fingerprint density at radius 2 is 2.25 bits per heavy atom. The number of rotatable bonds is 3. The number of carbonyl (C=O) groups excluding carboxylic acids is 1. The molecule has 0 radical (unpaired) electrons. The van der Waals surface area contributed by atoms with Gasteiger partial charge < -0.3 is 5.32 Å². The molecule has 1 heterocycles. The highest BCUT2D eigenvalue weighted by atomic mass is 35.5. The first-order valence-electron chi connectivity index (χ1n) is 7.00. The first kappa shape index (κ1) is 15.3. The van der Waals surface area contributed by atoms with Crippen LogP contribution in [-0.4, -0.2) is 30.4 Å². The summed E-state index contributed by atoms with van der Waals surface area (Å²) in [5, 5.41) is 2.90. The Morgan fingerprint density at radius 3 is 3.05 bits per heavy atom. The Balaban J connectivity index is 1.95. The topological polar surface area (TPSA) is 32.3 Å². The number of likely N-dealkylation sites (tertiary alicyclic amines) is 1. The van der Waals surface area contributed by atoms with Crippen LogP contribution >= 0.6 is 11.6 Å². The molecule has 0 bridgehead atoms. The highest BCUT2D eigenvalue weighted by Gasteiger charge is 2.24. The molecule has 2 rings (SSSR count). The highest BCUT2D eigenvalue weighted by Crippen LogP contribution is 2.18. The summed E-state index contributed by atoms with van der Waals surface area (Å²) >= 11 is 5.73. The molecule has 0 aromatic heterocycles. The SMILES string of the molecule is CN1CCCCC[C@@H]1C(=O)NCc1cccc(Cl)c1F. The number of benzene rings is 1. The summed E-state index contributed by atoms with van der Waals surface area (Å²) in [6.07, 6.45) is 4.22. The van der Waals surface area contributed by atoms with Gasteiger partial charge in [0.2, 0.25) is 5.91 Å². The van der Waals surface area contributed by atoms with Crippen molar-refractivity contribution in [3.8, 4) is 0 Å². The molecule has 1 fully saturated rings. The van der Waals surface area contributed by atoms with Crippen LogP contribution in [0, 0.1) is 5.82 Å². The molecule has 0 spiro atoms. The number of amides is 1. The van der Waals surface area contributed by atoms with Gasteiger partial charge in [0.25, 0.3) is 0 Å². The molecular weight excluding hydrogens is 279 g/mol. The maximum Gasteiger partial charge on any atom is 0.237 e. The first-order valence-corrected chi connectivity index (χ1v) is 7.38. The quantitative estimate of drug-likeness (QED) is 0.930. The summed E-state index contributed by atoms with van der Waals surface area (Å²) in [4.78, 5) is 14.3. The Bertz CT molecular complexity index is 481. The molecule has 20 heavy (non-hydrogen) atoms. The molecule has 1 saturated heterocycles. The molecule has 110 valence electrons. The fourth-order valence-corrected chi connectivity index (χ4v) is 2.76. The first-order chi connectivity index (χ1) is 9.59. The van der Waals surface area contributed by atoms with Crippen LogP contribution in [0.1, 0.15) is 31.2 Å². The van der Waals surface area contributed by atoms with E-state index in [-0.39, 0.29) is 23.5 Å². The van der Waals surface area contributed by atoms with Gasteiger partial charge in [-0.2, -0.15) is 0 Å². The van der Waals surface area contributed by atoms with E-state index < -0.39 is 5.82 Å². The molecule has 1 aliphatic rings. The summed E-state index contributed by atoms with van der Waals surface area (Å²) in [6.45, 7) is 1.11. The third kappa shape index (κ3) is 3.70. The Hall–Kier alpha value is -1.13. The molecule has 1 atom stereocenters. The van der Waals surface area contributed by atoms with Gasteiger partial charge >= 0.3 is 0 Å². The largest absolute Gasteiger partial charge is 0.351 e. The van der Waals surface area contributed by atoms with E-state index >= 15 is 0 Å². The van der Waals surface area contributed by atoms with Crippen molar-refractivity contribution in [1.29, 1.82) is 0 Å². The normalized spacial score (nSPS) is 20.4. The molecule has 1 N–H and O–H groups in total. The number of halogens is 2. The standard InChI is InChI=1S/C15H20ClFN2O/c1-19-9-4-2-3-8-13(19)15(20)18-10-11-6-5-7-12(16)14(11)17/h5-7,13H,2-4,8-10H2,1H3,(H,18,20)/t13-/m1/s1. The van der Waals surface area contributed by atoms with Crippen molar-refractivity contribution < 1.29 is 9.18 Å². The van der Waals surface area contributed by atoms with Gasteiger partial charge in [0, 0.05) is 12.1 Å². The van der Waals surface area contributed by atoms with E-state index in [2.05, 4.69) is 10.2 Å². The van der Waals surface area contributed by atoms with E-state index in [4.69, 9.17) is 11.6 Å². The fourth-order valence-electron chi connectivity index (χ4n) is 2.57. The molecule has 5 heteroatoms. The molecule has 0 saturated carbocycles. The van der Waals surface area contributed by atoms with Gasteiger partial charge in [0.05, 0.1) is 11.1 Å². The number of hydrogen-bond donors (Lipinski definition) is 1. The van der Waals surface area contributed by atoms with Crippen LogP contribution in [-0.2, 0) is 11.3 Å². The summed E-state index contributed by atoms with van der Waals surface area (Å²) in [5.74, 6) is -0.488. The smallest absolute Gasteiger partial charge is 0.237 e. The van der Waals surface area contributed by atoms with Crippen molar-refractivity contribution in [2.75, 3.05) is 13.6 Å². The van der Waals surface area contributed by atoms with Crippen LogP contribution in [0.3, 0.4) is 0 Å². The average molecular weight is 299 g/mol. The lowest BCUT2D eigenvalue weighted by Gasteiger charge is -2.24. The van der Waals surface area contributed by atoms with Crippen LogP contribution in [0.15, 0.2) is 18.2 Å². The molecule has 0 unspecified atom stereocenters. The van der Waals surface area contributed by atoms with E-state index in [1.807, 2.05) is 7.05 Å². The third-order valence-corrected chi connectivity index (χ3v) is 4.10. The van der Waals surface area contributed by atoms with E-state index in [1.165, 1.54) is 6.07 Å². The van der Waals surface area contributed by atoms with Crippen molar-refractivity contribution in [1.82, 2.24) is 10.2 Å². The van der Waals surface area contributed by atoms with Gasteiger partial charge in [0.1, 0.15) is 5.82 Å². The zero-order valence-electron chi connectivity index (χ0n) is 11.7. The molecule has 1 aromatic carbocycles. The lowest BCUT2D eigenvalue weighted by atomic mass is 10.1. The molecule has 1 amide bonds. The monoisotopic (exact) mass is 298 g/mol. The molecule has 3 nitrogen and oxygen atoms in total. The minimum Gasteiger partial charge on any atom is -0.351 e. The van der Waals surface area contributed by atoms with Crippen molar-refractivity contribution in [3.05, 3.63) is 34.6 Å². The fraction of sp³-hybridized carbons (Fsp3) is 0.533. The number of nitrogens with one attached hydrogen (secondary N) is 1. The zero-order valence-corrected chi connectivity index (χ0v) is 12.4. The Kier molecular flexibility index (Phi) is 5.38. The zero-order chi connectivity index (χ0) is 14.5. The van der Waals surface area contributed by atoms with Gasteiger partial charge in [0.15, 0.2) is 0 Å². The number of hydrogen-bond acceptors (Lipinski definition) is 2. The Morgan fingerprint density at radius 1 is 1.45 bits per heavy atom. The predicted octanol–water partition coefficient (Wildman–Crippen LogP) is 2.97. The maximum atomic E-state index is 13.7. The second kappa shape index (κ2) is 7.04. The van der Waals surface area contributed by atoms with Crippen molar-refractivity contribution in [2.45, 2.75) is 38.3 Å². The predicted molar refractivity (Wildman–Crippen MR) is 78.1 cm³/mol. The van der Waals surface area contributed by atoms with Gasteiger partial charge in [-0.1, -0.05) is 36.6 Å². The van der Waals surface area contributed by atoms with E-state index in [0.717, 1.165) is 32.2 Å². The average Bonchev–Trinajstić information content (AvgIpc) is 2.65. The molecule has 0 aliphatic carbocycles. The number of nitrogens with zero attached hydrogens (tertiary/aromatic N) is 1.